The molecule has 0 radical (unpaired) electrons. The molecule has 1 aliphatic heterocycles. The Hall–Kier alpha value is -3.77. The molecule has 2 atom stereocenters. The summed E-state index contributed by atoms with van der Waals surface area (Å²) < 4.78 is 59.3. The Bertz CT molecular complexity index is 1230. The number of carbonyl (C=O) groups excluding carboxylic acids is 1. The summed E-state index contributed by atoms with van der Waals surface area (Å²) in [5.41, 5.74) is -1.04. The second-order valence-electron chi connectivity index (χ2n) is 8.18. The van der Waals surface area contributed by atoms with Gasteiger partial charge in [-0.1, -0.05) is 6.07 Å². The van der Waals surface area contributed by atoms with Gasteiger partial charge in [-0.3, -0.25) is 9.47 Å². The molecule has 0 bridgehead atoms. The molecule has 2 fully saturated rings. The highest BCUT2D eigenvalue weighted by Gasteiger charge is 2.47. The topological polar surface area (TPSA) is 98.1 Å². The fourth-order valence-corrected chi connectivity index (χ4v) is 3.79. The SMILES string of the molecule is C[C@H](F)[C@H]1COC(=O)N1c1ccnc(NC2(c3cn(-c4cccc(C(F)(F)F)n4)cn3)CC2)n1. The maximum absolute atomic E-state index is 13.9. The van der Waals surface area contributed by atoms with E-state index in [0.29, 0.717) is 18.5 Å². The van der Waals surface area contributed by atoms with Crippen molar-refractivity contribution in [2.45, 2.75) is 43.7 Å². The van der Waals surface area contributed by atoms with Crippen molar-refractivity contribution in [2.24, 2.45) is 0 Å². The summed E-state index contributed by atoms with van der Waals surface area (Å²) in [4.78, 5) is 29.8. The van der Waals surface area contributed by atoms with E-state index in [-0.39, 0.29) is 24.2 Å². The third kappa shape index (κ3) is 4.01. The Labute approximate surface area is 190 Å². The van der Waals surface area contributed by atoms with E-state index in [2.05, 4.69) is 25.3 Å². The average Bonchev–Trinajstić information content (AvgIpc) is 3.21. The molecule has 13 heteroatoms. The molecule has 5 rings (SSSR count). The largest absolute Gasteiger partial charge is 0.447 e. The highest BCUT2D eigenvalue weighted by atomic mass is 19.4. The summed E-state index contributed by atoms with van der Waals surface area (Å²) in [6.45, 7) is 1.27. The number of hydrogen-bond donors (Lipinski definition) is 1. The van der Waals surface area contributed by atoms with Crippen molar-refractivity contribution in [2.75, 3.05) is 16.8 Å². The van der Waals surface area contributed by atoms with Crippen molar-refractivity contribution in [3.05, 3.63) is 54.4 Å². The molecular formula is C21H19F4N7O2. The normalized spacial score (nSPS) is 20.2. The van der Waals surface area contributed by atoms with Gasteiger partial charge in [-0.05, 0) is 38.0 Å². The molecule has 1 N–H and O–H groups in total. The number of aromatic nitrogens is 5. The van der Waals surface area contributed by atoms with E-state index < -0.39 is 35.7 Å². The van der Waals surface area contributed by atoms with Gasteiger partial charge in [0.05, 0.1) is 11.2 Å². The lowest BCUT2D eigenvalue weighted by Gasteiger charge is -2.22. The lowest BCUT2D eigenvalue weighted by atomic mass is 10.2. The Morgan fingerprint density at radius 1 is 1.18 bits per heavy atom. The van der Waals surface area contributed by atoms with Gasteiger partial charge in [-0.25, -0.2) is 24.1 Å². The van der Waals surface area contributed by atoms with E-state index in [1.54, 1.807) is 6.20 Å². The van der Waals surface area contributed by atoms with Crippen molar-refractivity contribution < 1.29 is 27.1 Å². The van der Waals surface area contributed by atoms with Gasteiger partial charge >= 0.3 is 12.3 Å². The highest BCUT2D eigenvalue weighted by molar-refractivity contribution is 5.89. The van der Waals surface area contributed by atoms with Gasteiger partial charge in [-0.15, -0.1) is 0 Å². The fraction of sp³-hybridized carbons (Fsp3) is 0.381. The quantitative estimate of drug-likeness (QED) is 0.539. The minimum absolute atomic E-state index is 0.0752. The van der Waals surface area contributed by atoms with Crippen LogP contribution in [0.2, 0.25) is 0 Å². The maximum atomic E-state index is 13.9. The first kappa shape index (κ1) is 22.0. The summed E-state index contributed by atoms with van der Waals surface area (Å²) in [6.07, 6.45) is -0.754. The van der Waals surface area contributed by atoms with Crippen molar-refractivity contribution in [1.82, 2.24) is 24.5 Å². The summed E-state index contributed by atoms with van der Waals surface area (Å²) in [5.74, 6) is 0.484. The number of anilines is 2. The van der Waals surface area contributed by atoms with Crippen LogP contribution in [0, 0.1) is 0 Å². The molecule has 2 aliphatic rings. The molecule has 1 amide bonds. The minimum Gasteiger partial charge on any atom is -0.447 e. The molecular weight excluding hydrogens is 458 g/mol. The number of halogens is 4. The lowest BCUT2D eigenvalue weighted by molar-refractivity contribution is -0.141. The standard InChI is InChI=1S/C21H19F4N7O2/c1-12(22)13-10-34-19(33)32(13)17-5-8-26-18(29-17)30-20(6-7-20)15-9-31(11-27-15)16-4-2-3-14(28-16)21(23,24)25/h2-5,8-9,11-13H,6-7,10H2,1H3,(H,26,29,30)/t12-,13+/m0/s1. The summed E-state index contributed by atoms with van der Waals surface area (Å²) in [6, 6.07) is 4.34. The molecule has 0 unspecified atom stereocenters. The van der Waals surface area contributed by atoms with Crippen LogP contribution in [-0.2, 0) is 16.5 Å². The van der Waals surface area contributed by atoms with Crippen LogP contribution in [0.3, 0.4) is 0 Å². The van der Waals surface area contributed by atoms with Crippen LogP contribution in [0.1, 0.15) is 31.2 Å². The summed E-state index contributed by atoms with van der Waals surface area (Å²) >= 11 is 0. The van der Waals surface area contributed by atoms with Crippen molar-refractivity contribution >= 4 is 17.9 Å². The number of rotatable bonds is 6. The Balaban J connectivity index is 1.38. The lowest BCUT2D eigenvalue weighted by Crippen LogP contribution is -2.39. The van der Waals surface area contributed by atoms with Crippen molar-refractivity contribution in [3.63, 3.8) is 0 Å². The number of amides is 1. The number of ether oxygens (including phenoxy) is 1. The Morgan fingerprint density at radius 2 is 1.97 bits per heavy atom. The number of carbonyl (C=O) groups is 1. The number of hydrogen-bond acceptors (Lipinski definition) is 7. The number of alkyl halides is 4. The number of imidazole rings is 1. The molecule has 1 saturated heterocycles. The smallest absolute Gasteiger partial charge is 0.433 e. The average molecular weight is 477 g/mol. The monoisotopic (exact) mass is 477 g/mol. The number of nitrogens with zero attached hydrogens (tertiary/aromatic N) is 6. The van der Waals surface area contributed by atoms with Gasteiger partial charge in [0.25, 0.3) is 0 Å². The van der Waals surface area contributed by atoms with Gasteiger partial charge in [-0.2, -0.15) is 18.2 Å². The molecule has 9 nitrogen and oxygen atoms in total. The van der Waals surface area contributed by atoms with Gasteiger partial charge in [0.1, 0.15) is 42.5 Å². The molecule has 0 aromatic carbocycles. The molecule has 4 heterocycles. The highest BCUT2D eigenvalue weighted by Crippen LogP contribution is 2.47. The maximum Gasteiger partial charge on any atom is 0.433 e. The Kier molecular flexibility index (Phi) is 5.14. The van der Waals surface area contributed by atoms with E-state index in [0.717, 1.165) is 11.0 Å². The van der Waals surface area contributed by atoms with Crippen molar-refractivity contribution in [3.8, 4) is 5.82 Å². The molecule has 34 heavy (non-hydrogen) atoms. The van der Waals surface area contributed by atoms with Crippen LogP contribution in [0.25, 0.3) is 5.82 Å². The van der Waals surface area contributed by atoms with Crippen LogP contribution in [0.5, 0.6) is 0 Å². The zero-order valence-electron chi connectivity index (χ0n) is 17.8. The fourth-order valence-electron chi connectivity index (χ4n) is 3.79. The predicted molar refractivity (Wildman–Crippen MR) is 111 cm³/mol. The van der Waals surface area contributed by atoms with Crippen molar-refractivity contribution in [1.29, 1.82) is 0 Å². The second-order valence-corrected chi connectivity index (χ2v) is 8.18. The minimum atomic E-state index is -4.55. The molecule has 178 valence electrons. The first-order chi connectivity index (χ1) is 16.2. The van der Waals surface area contributed by atoms with Crippen LogP contribution < -0.4 is 10.2 Å². The second kappa shape index (κ2) is 7.92. The van der Waals surface area contributed by atoms with Gasteiger partial charge in [0, 0.05) is 12.4 Å². The number of nitrogens with one attached hydrogen (secondary N) is 1. The van der Waals surface area contributed by atoms with E-state index >= 15 is 0 Å². The van der Waals surface area contributed by atoms with Crippen LogP contribution in [-0.4, -0.2) is 49.4 Å². The zero-order chi connectivity index (χ0) is 24.1. The first-order valence-electron chi connectivity index (χ1n) is 10.5. The Morgan fingerprint density at radius 3 is 2.68 bits per heavy atom. The summed E-state index contributed by atoms with van der Waals surface area (Å²) in [5, 5.41) is 3.20. The third-order valence-electron chi connectivity index (χ3n) is 5.79. The van der Waals surface area contributed by atoms with Crippen LogP contribution in [0.4, 0.5) is 34.1 Å². The molecule has 1 aliphatic carbocycles. The molecule has 1 saturated carbocycles. The van der Waals surface area contributed by atoms with Gasteiger partial charge in [0.2, 0.25) is 5.95 Å². The predicted octanol–water partition coefficient (Wildman–Crippen LogP) is 3.86. The first-order valence-corrected chi connectivity index (χ1v) is 10.5. The number of pyridine rings is 1. The van der Waals surface area contributed by atoms with Crippen LogP contribution in [0.15, 0.2) is 43.0 Å². The molecule has 0 spiro atoms. The van der Waals surface area contributed by atoms with Gasteiger partial charge in [0.15, 0.2) is 0 Å². The molecule has 3 aromatic rings. The third-order valence-corrected chi connectivity index (χ3v) is 5.79. The van der Waals surface area contributed by atoms with E-state index in [1.807, 2.05) is 0 Å². The number of cyclic esters (lactones) is 1. The zero-order valence-corrected chi connectivity index (χ0v) is 17.8. The van der Waals surface area contributed by atoms with E-state index in [4.69, 9.17) is 4.74 Å². The van der Waals surface area contributed by atoms with Crippen LogP contribution >= 0.6 is 0 Å². The molecule has 3 aromatic heterocycles. The van der Waals surface area contributed by atoms with E-state index in [1.165, 1.54) is 42.2 Å². The van der Waals surface area contributed by atoms with Gasteiger partial charge < -0.3 is 10.1 Å². The summed E-state index contributed by atoms with van der Waals surface area (Å²) in [7, 11) is 0. The van der Waals surface area contributed by atoms with E-state index in [9.17, 15) is 22.4 Å².